The van der Waals surface area contributed by atoms with Gasteiger partial charge < -0.3 is 0 Å². The van der Waals surface area contributed by atoms with Crippen LogP contribution < -0.4 is 5.32 Å². The molecule has 0 radical (unpaired) electrons. The number of hydrogen-bond acceptors (Lipinski definition) is 5. The van der Waals surface area contributed by atoms with E-state index in [1.807, 2.05) is 12.1 Å². The second-order valence-corrected chi connectivity index (χ2v) is 6.05. The van der Waals surface area contributed by atoms with E-state index in [2.05, 4.69) is 20.5 Å². The Morgan fingerprint density at radius 2 is 1.86 bits per heavy atom. The lowest BCUT2D eigenvalue weighted by Gasteiger charge is -2.03. The third kappa shape index (κ3) is 3.24. The van der Waals surface area contributed by atoms with Gasteiger partial charge in [-0.05, 0) is 30.3 Å². The summed E-state index contributed by atoms with van der Waals surface area (Å²) in [5.74, 6) is -0.362. The number of carbonyl (C=O) groups is 1. The molecule has 0 fully saturated rings. The van der Waals surface area contributed by atoms with E-state index in [1.165, 1.54) is 17.4 Å². The Morgan fingerprint density at radius 1 is 1.09 bits per heavy atom. The van der Waals surface area contributed by atoms with Crippen LogP contribution in [-0.4, -0.2) is 21.1 Å². The molecule has 5 nitrogen and oxygen atoms in total. The van der Waals surface area contributed by atoms with Crippen molar-refractivity contribution in [3.63, 3.8) is 0 Å². The highest BCUT2D eigenvalue weighted by molar-refractivity contribution is 7.18. The Bertz CT molecular complexity index is 823. The summed E-state index contributed by atoms with van der Waals surface area (Å²) >= 11 is 13.1. The lowest BCUT2D eigenvalue weighted by atomic mass is 10.2. The highest BCUT2D eigenvalue weighted by atomic mass is 35.5. The summed E-state index contributed by atoms with van der Waals surface area (Å²) < 4.78 is 0. The highest BCUT2D eigenvalue weighted by Crippen LogP contribution is 2.27. The maximum atomic E-state index is 12.2. The van der Waals surface area contributed by atoms with Gasteiger partial charge in [0.15, 0.2) is 0 Å². The molecular formula is C14H8Cl2N4OS. The third-order valence-corrected chi connectivity index (χ3v) is 4.18. The van der Waals surface area contributed by atoms with Gasteiger partial charge in [0.2, 0.25) is 5.13 Å². The Kier molecular flexibility index (Phi) is 4.33. The molecule has 8 heteroatoms. The molecule has 0 aliphatic carbocycles. The Labute approximate surface area is 139 Å². The predicted octanol–water partition coefficient (Wildman–Crippen LogP) is 4.16. The van der Waals surface area contributed by atoms with Gasteiger partial charge in [0.05, 0.1) is 10.6 Å². The van der Waals surface area contributed by atoms with Crippen LogP contribution in [-0.2, 0) is 0 Å². The number of nitrogens with one attached hydrogen (secondary N) is 1. The van der Waals surface area contributed by atoms with E-state index in [0.29, 0.717) is 20.7 Å². The summed E-state index contributed by atoms with van der Waals surface area (Å²) in [7, 11) is 0. The number of halogens is 2. The van der Waals surface area contributed by atoms with E-state index in [1.54, 1.807) is 24.5 Å². The summed E-state index contributed by atoms with van der Waals surface area (Å²) in [6, 6.07) is 8.32. The van der Waals surface area contributed by atoms with E-state index >= 15 is 0 Å². The van der Waals surface area contributed by atoms with Crippen LogP contribution in [0.25, 0.3) is 10.6 Å². The number of rotatable bonds is 3. The van der Waals surface area contributed by atoms with Gasteiger partial charge in [0.25, 0.3) is 5.91 Å². The maximum absolute atomic E-state index is 12.2. The van der Waals surface area contributed by atoms with E-state index in [4.69, 9.17) is 23.2 Å². The van der Waals surface area contributed by atoms with Crippen LogP contribution in [0.5, 0.6) is 0 Å². The zero-order valence-electron chi connectivity index (χ0n) is 11.0. The molecule has 1 amide bonds. The average Bonchev–Trinajstić information content (AvgIpc) is 2.96. The normalized spacial score (nSPS) is 10.5. The van der Waals surface area contributed by atoms with Gasteiger partial charge in [-0.1, -0.05) is 34.5 Å². The van der Waals surface area contributed by atoms with Gasteiger partial charge >= 0.3 is 0 Å². The molecule has 0 aliphatic heterocycles. The van der Waals surface area contributed by atoms with Crippen LogP contribution in [0, 0.1) is 0 Å². The molecule has 1 N–H and O–H groups in total. The minimum atomic E-state index is -0.362. The molecule has 0 saturated heterocycles. The largest absolute Gasteiger partial charge is 0.296 e. The van der Waals surface area contributed by atoms with E-state index < -0.39 is 0 Å². The minimum absolute atomic E-state index is 0.281. The smallest absolute Gasteiger partial charge is 0.259 e. The molecule has 2 heterocycles. The summed E-state index contributed by atoms with van der Waals surface area (Å²) in [5, 5.41) is 12.5. The van der Waals surface area contributed by atoms with Gasteiger partial charge in [0, 0.05) is 23.0 Å². The summed E-state index contributed by atoms with van der Waals surface area (Å²) in [6.07, 6.45) is 3.34. The number of amides is 1. The first-order chi connectivity index (χ1) is 10.6. The summed E-state index contributed by atoms with van der Waals surface area (Å²) in [6.45, 7) is 0. The van der Waals surface area contributed by atoms with Crippen molar-refractivity contribution < 1.29 is 4.79 Å². The monoisotopic (exact) mass is 350 g/mol. The topological polar surface area (TPSA) is 67.8 Å². The predicted molar refractivity (Wildman–Crippen MR) is 87.6 cm³/mol. The van der Waals surface area contributed by atoms with E-state index in [9.17, 15) is 4.79 Å². The summed E-state index contributed by atoms with van der Waals surface area (Å²) in [5.41, 5.74) is 1.21. The van der Waals surface area contributed by atoms with Crippen molar-refractivity contribution >= 4 is 45.6 Å². The van der Waals surface area contributed by atoms with Gasteiger partial charge in [-0.3, -0.25) is 15.1 Å². The van der Waals surface area contributed by atoms with Crippen molar-refractivity contribution in [2.24, 2.45) is 0 Å². The molecule has 0 spiro atoms. The molecule has 1 aromatic carbocycles. The molecular weight excluding hydrogens is 343 g/mol. The standard InChI is InChI=1S/C14H8Cl2N4OS/c15-9-1-2-10(11(16)7-9)12(21)18-14-20-19-13(22-14)8-3-5-17-6-4-8/h1-7H,(H,18,20,21). The SMILES string of the molecule is O=C(Nc1nnc(-c2ccncc2)s1)c1ccc(Cl)cc1Cl. The molecule has 3 aromatic rings. The molecule has 22 heavy (non-hydrogen) atoms. The molecule has 2 aromatic heterocycles. The van der Waals surface area contributed by atoms with Crippen LogP contribution >= 0.6 is 34.5 Å². The maximum Gasteiger partial charge on any atom is 0.259 e. The number of nitrogens with zero attached hydrogens (tertiary/aromatic N) is 3. The number of pyridine rings is 1. The first kappa shape index (κ1) is 14.9. The highest BCUT2D eigenvalue weighted by Gasteiger charge is 2.14. The first-order valence-electron chi connectivity index (χ1n) is 6.14. The molecule has 0 aliphatic rings. The molecule has 0 unspecified atom stereocenters. The molecule has 0 bridgehead atoms. The fourth-order valence-corrected chi connectivity index (χ4v) is 2.96. The molecule has 110 valence electrons. The Morgan fingerprint density at radius 3 is 2.59 bits per heavy atom. The number of benzene rings is 1. The zero-order chi connectivity index (χ0) is 15.5. The van der Waals surface area contributed by atoms with Crippen molar-refractivity contribution in [2.75, 3.05) is 5.32 Å². The lowest BCUT2D eigenvalue weighted by Crippen LogP contribution is -2.12. The van der Waals surface area contributed by atoms with Gasteiger partial charge in [-0.25, -0.2) is 0 Å². The van der Waals surface area contributed by atoms with Crippen LogP contribution in [0.15, 0.2) is 42.7 Å². The molecule has 0 saturated carbocycles. The average molecular weight is 351 g/mol. The van der Waals surface area contributed by atoms with Crippen molar-refractivity contribution in [1.29, 1.82) is 0 Å². The Balaban J connectivity index is 1.79. The fourth-order valence-electron chi connectivity index (χ4n) is 1.72. The van der Waals surface area contributed by atoms with Gasteiger partial charge in [0.1, 0.15) is 5.01 Å². The second kappa shape index (κ2) is 6.39. The van der Waals surface area contributed by atoms with Crippen molar-refractivity contribution in [3.8, 4) is 10.6 Å². The quantitative estimate of drug-likeness (QED) is 0.769. The fraction of sp³-hybridized carbons (Fsp3) is 0. The third-order valence-electron chi connectivity index (χ3n) is 2.75. The van der Waals surface area contributed by atoms with Crippen molar-refractivity contribution in [1.82, 2.24) is 15.2 Å². The summed E-state index contributed by atoms with van der Waals surface area (Å²) in [4.78, 5) is 16.1. The van der Waals surface area contributed by atoms with Crippen LogP contribution in [0.2, 0.25) is 10.0 Å². The van der Waals surface area contributed by atoms with Crippen LogP contribution in [0.3, 0.4) is 0 Å². The van der Waals surface area contributed by atoms with Crippen molar-refractivity contribution in [2.45, 2.75) is 0 Å². The lowest BCUT2D eigenvalue weighted by molar-refractivity contribution is 0.102. The zero-order valence-corrected chi connectivity index (χ0v) is 13.3. The van der Waals surface area contributed by atoms with E-state index in [0.717, 1.165) is 5.56 Å². The second-order valence-electron chi connectivity index (χ2n) is 4.23. The number of aromatic nitrogens is 3. The minimum Gasteiger partial charge on any atom is -0.296 e. The van der Waals surface area contributed by atoms with Gasteiger partial charge in [-0.15, -0.1) is 10.2 Å². The first-order valence-corrected chi connectivity index (χ1v) is 7.71. The Hall–Kier alpha value is -2.02. The molecule has 0 atom stereocenters. The molecule has 3 rings (SSSR count). The number of carbonyl (C=O) groups excluding carboxylic acids is 1. The van der Waals surface area contributed by atoms with Crippen LogP contribution in [0.1, 0.15) is 10.4 Å². The number of anilines is 1. The van der Waals surface area contributed by atoms with Crippen molar-refractivity contribution in [3.05, 3.63) is 58.3 Å². The number of hydrogen-bond donors (Lipinski definition) is 1. The van der Waals surface area contributed by atoms with Crippen LogP contribution in [0.4, 0.5) is 5.13 Å². The van der Waals surface area contributed by atoms with Gasteiger partial charge in [-0.2, -0.15) is 0 Å². The van der Waals surface area contributed by atoms with E-state index in [-0.39, 0.29) is 10.9 Å².